The fourth-order valence-corrected chi connectivity index (χ4v) is 6.39. The van der Waals surface area contributed by atoms with Gasteiger partial charge in [-0.15, -0.1) is 0 Å². The molecule has 12 heteroatoms. The summed E-state index contributed by atoms with van der Waals surface area (Å²) in [6, 6.07) is 12.9. The molecular formula is C31H28BrN3O7S. The van der Waals surface area contributed by atoms with Gasteiger partial charge in [0.25, 0.3) is 11.2 Å². The minimum absolute atomic E-state index is 0.00739. The molecular weight excluding hydrogens is 638 g/mol. The Morgan fingerprint density at radius 1 is 1.21 bits per heavy atom. The third kappa shape index (κ3) is 5.84. The lowest BCUT2D eigenvalue weighted by atomic mass is 9.93. The second-order valence-electron chi connectivity index (χ2n) is 9.76. The lowest BCUT2D eigenvalue weighted by Crippen LogP contribution is -2.40. The summed E-state index contributed by atoms with van der Waals surface area (Å²) in [5, 5.41) is 11.4. The van der Waals surface area contributed by atoms with Gasteiger partial charge in [0.15, 0.2) is 4.80 Å². The molecule has 1 aliphatic rings. The zero-order chi connectivity index (χ0) is 30.8. The molecule has 0 fully saturated rings. The second kappa shape index (κ2) is 12.5. The van der Waals surface area contributed by atoms with Crippen LogP contribution in [0.25, 0.3) is 17.4 Å². The van der Waals surface area contributed by atoms with Crippen LogP contribution in [0.1, 0.15) is 49.6 Å². The minimum atomic E-state index is -0.841. The highest BCUT2D eigenvalue weighted by molar-refractivity contribution is 9.10. The first-order valence-electron chi connectivity index (χ1n) is 13.6. The Morgan fingerprint density at radius 2 is 2.00 bits per heavy atom. The van der Waals surface area contributed by atoms with Gasteiger partial charge in [0.1, 0.15) is 23.3 Å². The number of aryl methyl sites for hydroxylation is 1. The number of thiazole rings is 1. The van der Waals surface area contributed by atoms with Gasteiger partial charge in [0, 0.05) is 33.3 Å². The molecule has 5 rings (SSSR count). The van der Waals surface area contributed by atoms with Crippen LogP contribution in [-0.4, -0.2) is 29.2 Å². The van der Waals surface area contributed by atoms with E-state index in [-0.39, 0.29) is 17.9 Å². The summed E-state index contributed by atoms with van der Waals surface area (Å²) in [6.07, 6.45) is 2.85. The smallest absolute Gasteiger partial charge is 0.338 e. The van der Waals surface area contributed by atoms with Gasteiger partial charge in [-0.2, -0.15) is 0 Å². The van der Waals surface area contributed by atoms with Crippen molar-refractivity contribution in [3.8, 4) is 17.1 Å². The van der Waals surface area contributed by atoms with E-state index in [1.807, 2.05) is 19.1 Å². The predicted molar refractivity (Wildman–Crippen MR) is 166 cm³/mol. The molecule has 0 spiro atoms. The molecule has 0 bridgehead atoms. The third-order valence-corrected chi connectivity index (χ3v) is 8.45. The first-order chi connectivity index (χ1) is 20.7. The molecule has 0 amide bonds. The highest BCUT2D eigenvalue weighted by Gasteiger charge is 2.36. The number of halogens is 1. The van der Waals surface area contributed by atoms with Crippen molar-refractivity contribution in [1.29, 1.82) is 0 Å². The van der Waals surface area contributed by atoms with Crippen LogP contribution in [0.3, 0.4) is 0 Å². The molecule has 0 saturated heterocycles. The number of methoxy groups -OCH3 is 1. The van der Waals surface area contributed by atoms with Gasteiger partial charge in [0.05, 0.1) is 34.4 Å². The summed E-state index contributed by atoms with van der Waals surface area (Å²) < 4.78 is 19.7. The highest BCUT2D eigenvalue weighted by Crippen LogP contribution is 2.38. The van der Waals surface area contributed by atoms with Crippen LogP contribution in [0.5, 0.6) is 5.75 Å². The molecule has 2 aromatic carbocycles. The van der Waals surface area contributed by atoms with E-state index >= 15 is 0 Å². The van der Waals surface area contributed by atoms with Gasteiger partial charge in [0.2, 0.25) is 0 Å². The number of benzene rings is 2. The number of hydrogen-bond acceptors (Lipinski definition) is 9. The topological polar surface area (TPSA) is 126 Å². The van der Waals surface area contributed by atoms with E-state index in [0.29, 0.717) is 61.0 Å². The van der Waals surface area contributed by atoms with E-state index in [1.165, 1.54) is 29.1 Å². The maximum Gasteiger partial charge on any atom is 0.338 e. The van der Waals surface area contributed by atoms with Crippen LogP contribution in [0, 0.1) is 17.0 Å². The molecule has 0 aliphatic carbocycles. The van der Waals surface area contributed by atoms with Crippen molar-refractivity contribution < 1.29 is 23.6 Å². The number of rotatable bonds is 9. The van der Waals surface area contributed by atoms with Crippen LogP contribution in [0.2, 0.25) is 0 Å². The molecule has 0 N–H and O–H groups in total. The number of nitro groups is 1. The maximum atomic E-state index is 14.0. The van der Waals surface area contributed by atoms with Crippen molar-refractivity contribution >= 4 is 45.0 Å². The van der Waals surface area contributed by atoms with Gasteiger partial charge < -0.3 is 13.9 Å². The van der Waals surface area contributed by atoms with Crippen molar-refractivity contribution in [3.63, 3.8) is 0 Å². The van der Waals surface area contributed by atoms with E-state index in [4.69, 9.17) is 18.9 Å². The molecule has 10 nitrogen and oxygen atoms in total. The van der Waals surface area contributed by atoms with Crippen LogP contribution < -0.4 is 19.6 Å². The summed E-state index contributed by atoms with van der Waals surface area (Å²) in [5.74, 6) is 0.774. The molecule has 2 aromatic heterocycles. The van der Waals surface area contributed by atoms with E-state index < -0.39 is 16.9 Å². The number of nitro benzene ring substituents is 1. The Bertz CT molecular complexity index is 1950. The summed E-state index contributed by atoms with van der Waals surface area (Å²) >= 11 is 4.70. The number of ether oxygens (including phenoxy) is 2. The first-order valence-corrected chi connectivity index (χ1v) is 15.2. The number of aromatic nitrogens is 1. The molecule has 0 radical (unpaired) electrons. The van der Waals surface area contributed by atoms with Crippen LogP contribution in [0.4, 0.5) is 5.69 Å². The number of hydrogen-bond donors (Lipinski definition) is 0. The second-order valence-corrected chi connectivity index (χ2v) is 11.7. The third-order valence-electron chi connectivity index (χ3n) is 6.97. The normalized spacial score (nSPS) is 14.8. The van der Waals surface area contributed by atoms with E-state index in [0.717, 1.165) is 10.9 Å². The molecule has 4 aromatic rings. The lowest BCUT2D eigenvalue weighted by Gasteiger charge is -2.27. The quantitative estimate of drug-likeness (QED) is 0.125. The monoisotopic (exact) mass is 665 g/mol. The number of fused-ring (bicyclic) bond motifs is 1. The number of furan rings is 1. The molecule has 222 valence electrons. The summed E-state index contributed by atoms with van der Waals surface area (Å²) in [7, 11) is 1.54. The fraction of sp³-hybridized carbons (Fsp3) is 0.258. The Balaban J connectivity index is 1.69. The zero-order valence-electron chi connectivity index (χ0n) is 23.9. The van der Waals surface area contributed by atoms with Crippen LogP contribution in [-0.2, 0) is 9.53 Å². The van der Waals surface area contributed by atoms with Gasteiger partial charge in [-0.25, -0.2) is 9.79 Å². The molecule has 43 heavy (non-hydrogen) atoms. The average molecular weight is 667 g/mol. The van der Waals surface area contributed by atoms with Crippen molar-refractivity contribution in [2.24, 2.45) is 4.99 Å². The summed E-state index contributed by atoms with van der Waals surface area (Å²) in [5.41, 5.74) is 2.18. The van der Waals surface area contributed by atoms with Gasteiger partial charge in [-0.3, -0.25) is 19.5 Å². The van der Waals surface area contributed by atoms with Crippen LogP contribution >= 0.6 is 27.3 Å². The standard InChI is InChI=1S/C31H28BrN3O7S/c1-5-7-22-27(30(37)41-6-2)28(21-15-19(32)10-12-25(21)40-4)34-29(36)26(43-31(34)33-22)16-20-11-13-24(42-20)18-9-8-17(3)23(14-18)35(38)39/h8-16,28H,5-7H2,1-4H3/b26-16+/t28-/m0/s1. The molecule has 0 unspecified atom stereocenters. The van der Waals surface area contributed by atoms with Gasteiger partial charge >= 0.3 is 5.97 Å². The van der Waals surface area contributed by atoms with Crippen molar-refractivity contribution in [3.05, 3.63) is 111 Å². The molecule has 0 saturated carbocycles. The molecule has 1 atom stereocenters. The number of esters is 1. The largest absolute Gasteiger partial charge is 0.496 e. The Labute approximate surface area is 258 Å². The van der Waals surface area contributed by atoms with E-state index in [9.17, 15) is 19.7 Å². The SMILES string of the molecule is CCCC1=C(C(=O)OCC)[C@H](c2cc(Br)ccc2OC)n2c(s/c(=C/c3ccc(-c4ccc(C)c([N+](=O)[O-])c4)o3)c2=O)=N1. The fourth-order valence-electron chi connectivity index (χ4n) is 5.01. The molecule has 3 heterocycles. The summed E-state index contributed by atoms with van der Waals surface area (Å²) in [6.45, 7) is 5.56. The predicted octanol–water partition coefficient (Wildman–Crippen LogP) is 5.83. The lowest BCUT2D eigenvalue weighted by molar-refractivity contribution is -0.385. The Morgan fingerprint density at radius 3 is 2.70 bits per heavy atom. The van der Waals surface area contributed by atoms with E-state index in [2.05, 4.69) is 15.9 Å². The number of carbonyl (C=O) groups excluding carboxylic acids is 1. The van der Waals surface area contributed by atoms with Crippen molar-refractivity contribution in [1.82, 2.24) is 4.57 Å². The first kappa shape index (κ1) is 30.2. The summed E-state index contributed by atoms with van der Waals surface area (Å²) in [4.78, 5) is 43.7. The average Bonchev–Trinajstić information content (AvgIpc) is 3.57. The number of carbonyl (C=O) groups is 1. The number of allylic oxidation sites excluding steroid dienone is 1. The maximum absolute atomic E-state index is 14.0. The van der Waals surface area contributed by atoms with Crippen molar-refractivity contribution in [2.75, 3.05) is 13.7 Å². The minimum Gasteiger partial charge on any atom is -0.496 e. The Kier molecular flexibility index (Phi) is 8.79. The van der Waals surface area contributed by atoms with E-state index in [1.54, 1.807) is 50.3 Å². The number of nitrogens with zero attached hydrogens (tertiary/aromatic N) is 3. The zero-order valence-corrected chi connectivity index (χ0v) is 26.3. The Hall–Kier alpha value is -4.29. The highest BCUT2D eigenvalue weighted by atomic mass is 79.9. The van der Waals surface area contributed by atoms with Crippen molar-refractivity contribution in [2.45, 2.75) is 39.7 Å². The molecule has 1 aliphatic heterocycles. The van der Waals surface area contributed by atoms with Gasteiger partial charge in [-0.05, 0) is 50.6 Å². The van der Waals surface area contributed by atoms with Gasteiger partial charge in [-0.1, -0.05) is 52.7 Å². The van der Waals surface area contributed by atoms with Crippen LogP contribution in [0.15, 0.2) is 78.5 Å².